The fourth-order valence-corrected chi connectivity index (χ4v) is 4.93. The van der Waals surface area contributed by atoms with Gasteiger partial charge < -0.3 is 14.4 Å². The van der Waals surface area contributed by atoms with Gasteiger partial charge >= 0.3 is 0 Å². The number of ether oxygens (including phenoxy) is 2. The van der Waals surface area contributed by atoms with Crippen LogP contribution in [-0.4, -0.2) is 53.1 Å². The molecular weight excluding hydrogens is 388 g/mol. The Bertz CT molecular complexity index is 908. The Labute approximate surface area is 165 Å². The third-order valence-corrected chi connectivity index (χ3v) is 7.07. The van der Waals surface area contributed by atoms with Gasteiger partial charge in [0, 0.05) is 36.9 Å². The maximum absolute atomic E-state index is 13.1. The minimum atomic E-state index is -3.68. The summed E-state index contributed by atoms with van der Waals surface area (Å²) in [5.41, 5.74) is 1.82. The van der Waals surface area contributed by atoms with E-state index in [2.05, 4.69) is 4.90 Å². The predicted molar refractivity (Wildman–Crippen MR) is 107 cm³/mol. The zero-order valence-electron chi connectivity index (χ0n) is 15.6. The standard InChI is InChI=1S/C19H23ClN2O4S/c1-14-12-18(26-3)19(13-17(14)20)27(23,24)22-10-8-21(9-11-22)15-4-6-16(25-2)7-5-15/h4-7,12-13H,8-11H2,1-3H3. The molecule has 8 heteroatoms. The highest BCUT2D eigenvalue weighted by Gasteiger charge is 2.31. The number of halogens is 1. The van der Waals surface area contributed by atoms with Gasteiger partial charge in [0.2, 0.25) is 10.0 Å². The molecule has 3 rings (SSSR count). The van der Waals surface area contributed by atoms with Gasteiger partial charge in [-0.2, -0.15) is 4.31 Å². The molecule has 1 saturated heterocycles. The molecule has 0 radical (unpaired) electrons. The molecule has 1 aliphatic rings. The summed E-state index contributed by atoms with van der Waals surface area (Å²) in [5.74, 6) is 1.11. The third-order valence-electron chi connectivity index (χ3n) is 4.74. The topological polar surface area (TPSA) is 59.1 Å². The zero-order valence-corrected chi connectivity index (χ0v) is 17.2. The second kappa shape index (κ2) is 7.96. The molecule has 1 heterocycles. The lowest BCUT2D eigenvalue weighted by atomic mass is 10.2. The van der Waals surface area contributed by atoms with E-state index in [0.717, 1.165) is 17.0 Å². The number of aryl methyl sites for hydroxylation is 1. The van der Waals surface area contributed by atoms with Gasteiger partial charge in [-0.05, 0) is 48.9 Å². The maximum atomic E-state index is 13.1. The predicted octanol–water partition coefficient (Wildman–Crippen LogP) is 3.18. The molecule has 0 atom stereocenters. The lowest BCUT2D eigenvalue weighted by Crippen LogP contribution is -2.48. The Morgan fingerprint density at radius 1 is 0.963 bits per heavy atom. The summed E-state index contributed by atoms with van der Waals surface area (Å²) in [6, 6.07) is 10.9. The minimum absolute atomic E-state index is 0.110. The van der Waals surface area contributed by atoms with Gasteiger partial charge in [0.05, 0.1) is 14.2 Å². The summed E-state index contributed by atoms with van der Waals surface area (Å²) in [6.07, 6.45) is 0. The van der Waals surface area contributed by atoms with Crippen molar-refractivity contribution in [3.8, 4) is 11.5 Å². The Balaban J connectivity index is 1.77. The van der Waals surface area contributed by atoms with E-state index >= 15 is 0 Å². The van der Waals surface area contributed by atoms with Crippen LogP contribution in [0.4, 0.5) is 5.69 Å². The van der Waals surface area contributed by atoms with E-state index in [1.807, 2.05) is 31.2 Å². The number of sulfonamides is 1. The van der Waals surface area contributed by atoms with Crippen LogP contribution < -0.4 is 14.4 Å². The summed E-state index contributed by atoms with van der Waals surface area (Å²) >= 11 is 6.16. The first-order chi connectivity index (χ1) is 12.9. The van der Waals surface area contributed by atoms with Crippen LogP contribution in [0.5, 0.6) is 11.5 Å². The molecule has 0 amide bonds. The molecule has 0 aliphatic carbocycles. The molecule has 2 aromatic rings. The molecule has 0 saturated carbocycles. The van der Waals surface area contributed by atoms with Crippen LogP contribution in [0.1, 0.15) is 5.56 Å². The summed E-state index contributed by atoms with van der Waals surface area (Å²) in [4.78, 5) is 2.27. The molecule has 0 unspecified atom stereocenters. The van der Waals surface area contributed by atoms with Crippen molar-refractivity contribution in [2.45, 2.75) is 11.8 Å². The van der Waals surface area contributed by atoms with E-state index in [0.29, 0.717) is 37.0 Å². The lowest BCUT2D eigenvalue weighted by Gasteiger charge is -2.35. The van der Waals surface area contributed by atoms with Crippen LogP contribution in [0.2, 0.25) is 5.02 Å². The summed E-state index contributed by atoms with van der Waals surface area (Å²) in [7, 11) is -0.592. The Hall–Kier alpha value is -1.96. The van der Waals surface area contributed by atoms with Gasteiger partial charge in [0.15, 0.2) is 0 Å². The highest BCUT2D eigenvalue weighted by atomic mass is 35.5. The molecule has 0 aromatic heterocycles. The normalized spacial score (nSPS) is 15.6. The first-order valence-corrected chi connectivity index (χ1v) is 10.4. The quantitative estimate of drug-likeness (QED) is 0.757. The summed E-state index contributed by atoms with van der Waals surface area (Å²) in [6.45, 7) is 3.81. The average Bonchev–Trinajstić information content (AvgIpc) is 2.69. The van der Waals surface area contributed by atoms with Crippen LogP contribution in [0.25, 0.3) is 0 Å². The van der Waals surface area contributed by atoms with Crippen molar-refractivity contribution in [2.75, 3.05) is 45.3 Å². The fourth-order valence-electron chi connectivity index (χ4n) is 3.12. The Morgan fingerprint density at radius 2 is 1.59 bits per heavy atom. The third kappa shape index (κ3) is 4.00. The molecule has 1 fully saturated rings. The van der Waals surface area contributed by atoms with E-state index in [9.17, 15) is 8.42 Å². The zero-order chi connectivity index (χ0) is 19.6. The molecule has 0 bridgehead atoms. The molecule has 146 valence electrons. The lowest BCUT2D eigenvalue weighted by molar-refractivity contribution is 0.374. The van der Waals surface area contributed by atoms with Crippen molar-refractivity contribution in [1.82, 2.24) is 4.31 Å². The highest BCUT2D eigenvalue weighted by molar-refractivity contribution is 7.89. The van der Waals surface area contributed by atoms with Gasteiger partial charge in [-0.15, -0.1) is 0 Å². The second-order valence-corrected chi connectivity index (χ2v) is 8.65. The van der Waals surface area contributed by atoms with Crippen molar-refractivity contribution < 1.29 is 17.9 Å². The highest BCUT2D eigenvalue weighted by Crippen LogP contribution is 2.33. The maximum Gasteiger partial charge on any atom is 0.246 e. The largest absolute Gasteiger partial charge is 0.497 e. The fraction of sp³-hybridized carbons (Fsp3) is 0.368. The van der Waals surface area contributed by atoms with Gasteiger partial charge in [0.25, 0.3) is 0 Å². The monoisotopic (exact) mass is 410 g/mol. The molecule has 6 nitrogen and oxygen atoms in total. The number of anilines is 1. The summed E-state index contributed by atoms with van der Waals surface area (Å²) < 4.78 is 38.2. The van der Waals surface area contributed by atoms with Crippen molar-refractivity contribution in [2.24, 2.45) is 0 Å². The van der Waals surface area contributed by atoms with E-state index in [4.69, 9.17) is 21.1 Å². The number of nitrogens with zero attached hydrogens (tertiary/aromatic N) is 2. The van der Waals surface area contributed by atoms with Crippen LogP contribution >= 0.6 is 11.6 Å². The number of hydrogen-bond acceptors (Lipinski definition) is 5. The Kier molecular flexibility index (Phi) is 5.83. The SMILES string of the molecule is COc1ccc(N2CCN(S(=O)(=O)c3cc(Cl)c(C)cc3OC)CC2)cc1. The van der Waals surface area contributed by atoms with E-state index in [1.165, 1.54) is 17.5 Å². The van der Waals surface area contributed by atoms with E-state index in [1.54, 1.807) is 13.2 Å². The molecule has 1 aliphatic heterocycles. The number of benzene rings is 2. The van der Waals surface area contributed by atoms with Gasteiger partial charge in [0.1, 0.15) is 16.4 Å². The van der Waals surface area contributed by atoms with Crippen molar-refractivity contribution >= 4 is 27.3 Å². The number of hydrogen-bond donors (Lipinski definition) is 0. The molecule has 27 heavy (non-hydrogen) atoms. The van der Waals surface area contributed by atoms with E-state index in [-0.39, 0.29) is 4.90 Å². The van der Waals surface area contributed by atoms with Gasteiger partial charge in [-0.1, -0.05) is 11.6 Å². The average molecular weight is 411 g/mol. The Morgan fingerprint density at radius 3 is 2.15 bits per heavy atom. The second-order valence-electron chi connectivity index (χ2n) is 6.34. The molecular formula is C19H23ClN2O4S. The number of piperazine rings is 1. The summed E-state index contributed by atoms with van der Waals surface area (Å²) in [5, 5.41) is 0.409. The number of rotatable bonds is 5. The van der Waals surface area contributed by atoms with Gasteiger partial charge in [-0.3, -0.25) is 0 Å². The van der Waals surface area contributed by atoms with E-state index < -0.39 is 10.0 Å². The smallest absolute Gasteiger partial charge is 0.246 e. The first-order valence-electron chi connectivity index (χ1n) is 8.60. The number of methoxy groups -OCH3 is 2. The van der Waals surface area contributed by atoms with Crippen LogP contribution in [0.3, 0.4) is 0 Å². The van der Waals surface area contributed by atoms with Crippen molar-refractivity contribution in [3.63, 3.8) is 0 Å². The molecule has 0 N–H and O–H groups in total. The molecule has 2 aromatic carbocycles. The first kappa shape index (κ1) is 19.8. The van der Waals surface area contributed by atoms with Crippen LogP contribution in [-0.2, 0) is 10.0 Å². The molecule has 0 spiro atoms. The van der Waals surface area contributed by atoms with Crippen molar-refractivity contribution in [3.05, 3.63) is 47.0 Å². The van der Waals surface area contributed by atoms with Crippen molar-refractivity contribution in [1.29, 1.82) is 0 Å². The minimum Gasteiger partial charge on any atom is -0.497 e. The van der Waals surface area contributed by atoms with Gasteiger partial charge in [-0.25, -0.2) is 8.42 Å². The van der Waals surface area contributed by atoms with Crippen LogP contribution in [0.15, 0.2) is 41.3 Å². The van der Waals surface area contributed by atoms with Crippen LogP contribution in [0, 0.1) is 6.92 Å².